The Morgan fingerprint density at radius 3 is 2.60 bits per heavy atom. The largest absolute Gasteiger partial charge is 0.389 e. The summed E-state index contributed by atoms with van der Waals surface area (Å²) in [5, 5.41) is 30.6. The molecule has 1 saturated heterocycles. The highest BCUT2D eigenvalue weighted by Crippen LogP contribution is 2.28. The van der Waals surface area contributed by atoms with Crippen LogP contribution in [0.2, 0.25) is 0 Å². The van der Waals surface area contributed by atoms with Crippen molar-refractivity contribution >= 4 is 22.4 Å². The quantitative estimate of drug-likeness (QED) is 0.590. The standard InChI is InChI=1S/C12H12N4O4/c17-10-4-15(5-11(10)18)12-8-3-7(16(19)20)1-2-9(8)13-6-14-12/h1-3,6,10-11,17-18H,4-5H2. The number of anilines is 1. The molecular weight excluding hydrogens is 264 g/mol. The van der Waals surface area contributed by atoms with E-state index in [1.54, 1.807) is 11.0 Å². The first-order chi connectivity index (χ1) is 9.56. The number of aromatic nitrogens is 2. The second-order valence-corrected chi connectivity index (χ2v) is 4.70. The fraction of sp³-hybridized carbons (Fsp3) is 0.333. The van der Waals surface area contributed by atoms with Gasteiger partial charge in [0.1, 0.15) is 12.1 Å². The van der Waals surface area contributed by atoms with Gasteiger partial charge < -0.3 is 15.1 Å². The number of non-ortho nitro benzene ring substituents is 1. The summed E-state index contributed by atoms with van der Waals surface area (Å²) in [7, 11) is 0. The minimum atomic E-state index is -0.848. The number of aliphatic hydroxyl groups excluding tert-OH is 2. The van der Waals surface area contributed by atoms with Crippen molar-refractivity contribution in [2.24, 2.45) is 0 Å². The summed E-state index contributed by atoms with van der Waals surface area (Å²) in [6, 6.07) is 4.34. The third kappa shape index (κ3) is 2.04. The van der Waals surface area contributed by atoms with Gasteiger partial charge >= 0.3 is 0 Å². The lowest BCUT2D eigenvalue weighted by atomic mass is 10.2. The van der Waals surface area contributed by atoms with Crippen LogP contribution in [0.3, 0.4) is 0 Å². The molecule has 0 saturated carbocycles. The van der Waals surface area contributed by atoms with Gasteiger partial charge in [0.05, 0.1) is 22.6 Å². The van der Waals surface area contributed by atoms with Crippen molar-refractivity contribution in [2.45, 2.75) is 12.2 Å². The number of nitrogens with zero attached hydrogens (tertiary/aromatic N) is 4. The zero-order valence-corrected chi connectivity index (χ0v) is 10.4. The molecule has 1 aromatic heterocycles. The third-order valence-electron chi connectivity index (χ3n) is 3.37. The van der Waals surface area contributed by atoms with Crippen LogP contribution in [-0.2, 0) is 0 Å². The zero-order valence-electron chi connectivity index (χ0n) is 10.4. The lowest BCUT2D eigenvalue weighted by Crippen LogP contribution is -2.22. The monoisotopic (exact) mass is 276 g/mol. The van der Waals surface area contributed by atoms with Crippen molar-refractivity contribution < 1.29 is 15.1 Å². The van der Waals surface area contributed by atoms with E-state index in [4.69, 9.17) is 0 Å². The van der Waals surface area contributed by atoms with E-state index >= 15 is 0 Å². The van der Waals surface area contributed by atoms with Crippen LogP contribution in [0.1, 0.15) is 0 Å². The molecule has 2 unspecified atom stereocenters. The molecule has 8 heteroatoms. The molecule has 0 spiro atoms. The minimum Gasteiger partial charge on any atom is -0.389 e. The number of hydrogen-bond donors (Lipinski definition) is 2. The van der Waals surface area contributed by atoms with Gasteiger partial charge in [-0.05, 0) is 6.07 Å². The maximum atomic E-state index is 10.9. The van der Waals surface area contributed by atoms with Gasteiger partial charge in [-0.2, -0.15) is 0 Å². The molecule has 2 atom stereocenters. The average Bonchev–Trinajstić information content (AvgIpc) is 2.77. The van der Waals surface area contributed by atoms with E-state index in [9.17, 15) is 20.3 Å². The Morgan fingerprint density at radius 1 is 1.25 bits per heavy atom. The van der Waals surface area contributed by atoms with E-state index in [0.29, 0.717) is 16.7 Å². The molecule has 0 aliphatic carbocycles. The Morgan fingerprint density at radius 2 is 1.95 bits per heavy atom. The Bertz CT molecular complexity index is 668. The second kappa shape index (κ2) is 4.66. The van der Waals surface area contributed by atoms with Crippen molar-refractivity contribution in [1.29, 1.82) is 0 Å². The third-order valence-corrected chi connectivity index (χ3v) is 3.37. The van der Waals surface area contributed by atoms with Crippen LogP contribution in [0.4, 0.5) is 11.5 Å². The number of benzene rings is 1. The molecule has 1 aliphatic rings. The number of fused-ring (bicyclic) bond motifs is 1. The minimum absolute atomic E-state index is 0.0474. The Kier molecular flexibility index (Phi) is 2.96. The van der Waals surface area contributed by atoms with Gasteiger partial charge in [-0.15, -0.1) is 0 Å². The molecule has 104 valence electrons. The zero-order chi connectivity index (χ0) is 14.3. The SMILES string of the molecule is O=[N+]([O-])c1ccc2ncnc(N3CC(O)C(O)C3)c2c1. The molecule has 2 N–H and O–H groups in total. The molecule has 2 heterocycles. The van der Waals surface area contributed by atoms with Crippen LogP contribution in [0, 0.1) is 10.1 Å². The average molecular weight is 276 g/mol. The Balaban J connectivity index is 2.10. The Hall–Kier alpha value is -2.32. The van der Waals surface area contributed by atoms with Crippen LogP contribution in [-0.4, -0.2) is 50.4 Å². The van der Waals surface area contributed by atoms with Crippen molar-refractivity contribution in [2.75, 3.05) is 18.0 Å². The molecule has 20 heavy (non-hydrogen) atoms. The molecule has 3 rings (SSSR count). The predicted octanol–water partition coefficient (Wildman–Crippen LogP) is 0.0798. The van der Waals surface area contributed by atoms with Gasteiger partial charge in [0.15, 0.2) is 0 Å². The maximum Gasteiger partial charge on any atom is 0.270 e. The van der Waals surface area contributed by atoms with E-state index in [-0.39, 0.29) is 18.8 Å². The first-order valence-corrected chi connectivity index (χ1v) is 6.06. The van der Waals surface area contributed by atoms with Crippen LogP contribution in [0.5, 0.6) is 0 Å². The van der Waals surface area contributed by atoms with Crippen molar-refractivity contribution in [3.05, 3.63) is 34.6 Å². The van der Waals surface area contributed by atoms with Gasteiger partial charge in [0, 0.05) is 30.6 Å². The lowest BCUT2D eigenvalue weighted by Gasteiger charge is -2.17. The summed E-state index contributed by atoms with van der Waals surface area (Å²) in [5.41, 5.74) is 0.533. The topological polar surface area (TPSA) is 113 Å². The molecule has 0 bridgehead atoms. The molecular formula is C12H12N4O4. The van der Waals surface area contributed by atoms with Crippen LogP contribution in [0.25, 0.3) is 10.9 Å². The van der Waals surface area contributed by atoms with Crippen LogP contribution < -0.4 is 4.90 Å². The van der Waals surface area contributed by atoms with E-state index in [0.717, 1.165) is 0 Å². The highest BCUT2D eigenvalue weighted by atomic mass is 16.6. The van der Waals surface area contributed by atoms with Gasteiger partial charge in [-0.3, -0.25) is 10.1 Å². The Labute approximate surface area is 113 Å². The normalized spacial score (nSPS) is 22.4. The van der Waals surface area contributed by atoms with Gasteiger partial charge in [-0.25, -0.2) is 9.97 Å². The van der Waals surface area contributed by atoms with Gasteiger partial charge in [-0.1, -0.05) is 0 Å². The number of aliphatic hydroxyl groups is 2. The summed E-state index contributed by atoms with van der Waals surface area (Å²) >= 11 is 0. The summed E-state index contributed by atoms with van der Waals surface area (Å²) in [6.45, 7) is 0.464. The highest BCUT2D eigenvalue weighted by Gasteiger charge is 2.31. The fourth-order valence-corrected chi connectivity index (χ4v) is 2.34. The molecule has 1 aliphatic heterocycles. The van der Waals surface area contributed by atoms with Crippen molar-refractivity contribution in [3.8, 4) is 0 Å². The van der Waals surface area contributed by atoms with E-state index in [1.165, 1.54) is 18.5 Å². The lowest BCUT2D eigenvalue weighted by molar-refractivity contribution is -0.384. The van der Waals surface area contributed by atoms with E-state index in [2.05, 4.69) is 9.97 Å². The number of β-amino-alcohol motifs (C(OH)–C–C–N with tert-alkyl or cyclic N) is 2. The predicted molar refractivity (Wildman–Crippen MR) is 70.4 cm³/mol. The molecule has 1 aromatic carbocycles. The van der Waals surface area contributed by atoms with E-state index < -0.39 is 17.1 Å². The number of hydrogen-bond acceptors (Lipinski definition) is 7. The van der Waals surface area contributed by atoms with Gasteiger partial charge in [0.25, 0.3) is 5.69 Å². The van der Waals surface area contributed by atoms with Crippen LogP contribution in [0.15, 0.2) is 24.5 Å². The summed E-state index contributed by atoms with van der Waals surface area (Å²) in [5.74, 6) is 0.481. The number of nitro benzene ring substituents is 1. The van der Waals surface area contributed by atoms with Crippen molar-refractivity contribution in [1.82, 2.24) is 9.97 Å². The molecule has 2 aromatic rings. The summed E-state index contributed by atoms with van der Waals surface area (Å²) < 4.78 is 0. The smallest absolute Gasteiger partial charge is 0.270 e. The molecule has 8 nitrogen and oxygen atoms in total. The number of rotatable bonds is 2. The molecule has 0 amide bonds. The summed E-state index contributed by atoms with van der Waals surface area (Å²) in [6.07, 6.45) is -0.335. The fourth-order valence-electron chi connectivity index (χ4n) is 2.34. The second-order valence-electron chi connectivity index (χ2n) is 4.70. The molecule has 1 fully saturated rings. The first kappa shape index (κ1) is 12.7. The van der Waals surface area contributed by atoms with E-state index in [1.807, 2.05) is 0 Å². The van der Waals surface area contributed by atoms with Gasteiger partial charge in [0.2, 0.25) is 0 Å². The van der Waals surface area contributed by atoms with Crippen LogP contribution >= 0.6 is 0 Å². The molecule has 0 radical (unpaired) electrons. The maximum absolute atomic E-state index is 10.9. The number of nitro groups is 1. The van der Waals surface area contributed by atoms with Crippen molar-refractivity contribution in [3.63, 3.8) is 0 Å². The summed E-state index contributed by atoms with van der Waals surface area (Å²) in [4.78, 5) is 20.3. The first-order valence-electron chi connectivity index (χ1n) is 6.06. The highest BCUT2D eigenvalue weighted by molar-refractivity contribution is 5.91.